The minimum absolute atomic E-state index is 0.112. The second-order valence-electron chi connectivity index (χ2n) is 8.00. The van der Waals surface area contributed by atoms with Gasteiger partial charge in [-0.2, -0.15) is 0 Å². The average Bonchev–Trinajstić information content (AvgIpc) is 2.99. The zero-order valence-electron chi connectivity index (χ0n) is 18.4. The maximum Gasteiger partial charge on any atom is 0.0969 e. The summed E-state index contributed by atoms with van der Waals surface area (Å²) in [5, 5.41) is 11.1. The molecular weight excluding hydrogens is 428 g/mol. The van der Waals surface area contributed by atoms with Gasteiger partial charge in [-0.1, -0.05) is 42.4 Å². The summed E-state index contributed by atoms with van der Waals surface area (Å²) in [4.78, 5) is 4.65. The number of rotatable bonds is 9. The van der Waals surface area contributed by atoms with E-state index >= 15 is 0 Å². The number of ether oxygens (including phenoxy) is 1. The molecule has 2 aromatic rings. The molecule has 0 unspecified atom stereocenters. The predicted molar refractivity (Wildman–Crippen MR) is 128 cm³/mol. The lowest BCUT2D eigenvalue weighted by Gasteiger charge is -2.24. The van der Waals surface area contributed by atoms with Crippen molar-refractivity contribution in [1.82, 2.24) is 4.57 Å². The lowest BCUT2D eigenvalue weighted by Crippen LogP contribution is -2.21. The fourth-order valence-electron chi connectivity index (χ4n) is 3.71. The molecule has 1 aromatic heterocycles. The van der Waals surface area contributed by atoms with Crippen molar-refractivity contribution in [1.29, 1.82) is 0 Å². The number of hydrogen-bond donors (Lipinski definition) is 1. The highest BCUT2D eigenvalue weighted by Gasteiger charge is 2.27. The lowest BCUT2D eigenvalue weighted by molar-refractivity contribution is 0.146. The molecule has 0 aliphatic carbocycles. The predicted octanol–water partition coefficient (Wildman–Crippen LogP) is 6.01. The molecule has 0 aliphatic rings. The van der Waals surface area contributed by atoms with Crippen LogP contribution in [0.15, 0.2) is 46.0 Å². The monoisotopic (exact) mass is 460 g/mol. The molecule has 158 valence electrons. The van der Waals surface area contributed by atoms with Gasteiger partial charge in [-0.05, 0) is 56.4 Å². The summed E-state index contributed by atoms with van der Waals surface area (Å²) in [5.74, 6) is 0. The Morgan fingerprint density at radius 1 is 1.41 bits per heavy atom. The third-order valence-electron chi connectivity index (χ3n) is 5.27. The molecule has 0 amide bonds. The lowest BCUT2D eigenvalue weighted by atomic mass is 9.84. The summed E-state index contributed by atoms with van der Waals surface area (Å²) < 4.78 is 8.97. The summed E-state index contributed by atoms with van der Waals surface area (Å²) in [5.41, 5.74) is 5.03. The van der Waals surface area contributed by atoms with Crippen LogP contribution in [0.1, 0.15) is 45.9 Å². The summed E-state index contributed by atoms with van der Waals surface area (Å²) in [6, 6.07) is 6.38. The highest BCUT2D eigenvalue weighted by atomic mass is 79.9. The van der Waals surface area contributed by atoms with E-state index < -0.39 is 0 Å². The van der Waals surface area contributed by atoms with E-state index in [1.807, 2.05) is 19.9 Å². The van der Waals surface area contributed by atoms with Crippen LogP contribution in [-0.2, 0) is 17.7 Å². The molecule has 0 saturated carbocycles. The Balaban J connectivity index is 3.01. The molecule has 1 heterocycles. The van der Waals surface area contributed by atoms with Crippen molar-refractivity contribution in [3.05, 3.63) is 52.3 Å². The maximum absolute atomic E-state index is 9.96. The highest BCUT2D eigenvalue weighted by Crippen LogP contribution is 2.39. The van der Waals surface area contributed by atoms with Crippen molar-refractivity contribution < 1.29 is 9.84 Å². The first-order valence-electron chi connectivity index (χ1n) is 10.0. The molecular formula is C24H33BrN2O2. The smallest absolute Gasteiger partial charge is 0.0969 e. The normalized spacial score (nSPS) is 14.5. The van der Waals surface area contributed by atoms with Crippen molar-refractivity contribution in [2.24, 2.45) is 10.4 Å². The summed E-state index contributed by atoms with van der Waals surface area (Å²) in [6.45, 7) is 15.3. The number of hydrogen-bond acceptors (Lipinski definition) is 3. The second-order valence-corrected chi connectivity index (χ2v) is 8.92. The number of aryl methyl sites for hydroxylation is 1. The number of nitrogens with zero attached hydrogens (tertiary/aromatic N) is 2. The first-order chi connectivity index (χ1) is 13.7. The number of aliphatic imine (C=N–C) groups is 1. The van der Waals surface area contributed by atoms with E-state index in [2.05, 4.69) is 71.0 Å². The highest BCUT2D eigenvalue weighted by molar-refractivity contribution is 9.10. The quantitative estimate of drug-likeness (QED) is 0.367. The van der Waals surface area contributed by atoms with Crippen molar-refractivity contribution in [3.63, 3.8) is 0 Å². The third kappa shape index (κ3) is 4.90. The Morgan fingerprint density at radius 3 is 2.62 bits per heavy atom. The van der Waals surface area contributed by atoms with Crippen LogP contribution in [0.5, 0.6) is 0 Å². The van der Waals surface area contributed by atoms with Crippen LogP contribution in [0.25, 0.3) is 16.5 Å². The van der Waals surface area contributed by atoms with Gasteiger partial charge in [-0.25, -0.2) is 0 Å². The Labute approximate surface area is 183 Å². The van der Waals surface area contributed by atoms with Gasteiger partial charge in [0.15, 0.2) is 0 Å². The van der Waals surface area contributed by atoms with E-state index in [1.54, 1.807) is 13.3 Å². The van der Waals surface area contributed by atoms with Crippen LogP contribution >= 0.6 is 15.9 Å². The van der Waals surface area contributed by atoms with Crippen LogP contribution in [0.2, 0.25) is 0 Å². The Hall–Kier alpha value is -1.69. The molecule has 1 atom stereocenters. The van der Waals surface area contributed by atoms with Crippen molar-refractivity contribution >= 4 is 38.6 Å². The topological polar surface area (TPSA) is 46.8 Å². The van der Waals surface area contributed by atoms with Crippen molar-refractivity contribution in [3.8, 4) is 0 Å². The molecule has 1 aromatic carbocycles. The average molecular weight is 461 g/mol. The molecule has 0 aliphatic heterocycles. The largest absolute Gasteiger partial charge is 0.396 e. The van der Waals surface area contributed by atoms with E-state index in [0.29, 0.717) is 0 Å². The third-order valence-corrected chi connectivity index (χ3v) is 5.77. The molecule has 4 nitrogen and oxygen atoms in total. The molecule has 1 N–H and O–H groups in total. The zero-order valence-corrected chi connectivity index (χ0v) is 20.0. The number of halogens is 1. The van der Waals surface area contributed by atoms with Crippen molar-refractivity contribution in [2.75, 3.05) is 13.7 Å². The van der Waals surface area contributed by atoms with E-state index in [1.165, 1.54) is 16.5 Å². The zero-order chi connectivity index (χ0) is 21.8. The van der Waals surface area contributed by atoms with E-state index in [9.17, 15) is 5.11 Å². The Bertz CT molecular complexity index is 938. The van der Waals surface area contributed by atoms with Crippen LogP contribution in [-0.4, -0.2) is 35.7 Å². The number of allylic oxidation sites excluding steroid dienone is 2. The first-order valence-corrected chi connectivity index (χ1v) is 10.8. The van der Waals surface area contributed by atoms with Gasteiger partial charge in [0.25, 0.3) is 0 Å². The van der Waals surface area contributed by atoms with Gasteiger partial charge in [0.2, 0.25) is 0 Å². The number of methoxy groups -OCH3 is 1. The fourth-order valence-corrected chi connectivity index (χ4v) is 4.07. The number of aliphatic hydroxyl groups excluding tert-OH is 1. The van der Waals surface area contributed by atoms with Crippen LogP contribution in [0.3, 0.4) is 0 Å². The summed E-state index contributed by atoms with van der Waals surface area (Å²) in [6.07, 6.45) is 4.23. The minimum atomic E-state index is -0.253. The van der Waals surface area contributed by atoms with Crippen LogP contribution < -0.4 is 0 Å². The standard InChI is InChI=1S/C24H33BrN2O2/c1-8-18(22(26-9-2)16(4)29-7)23-20(14-24(5,6)15-28)19-13-17(25)11-12-21(19)27(23)10-3/h8-9,11-13,16,28H,1,10,14-15H2,2-7H3/b22-18+,26-9-/t16-/m0/s1. The number of aliphatic hydroxyl groups is 1. The van der Waals surface area contributed by atoms with Gasteiger partial charge in [0.1, 0.15) is 0 Å². The van der Waals surface area contributed by atoms with Crippen LogP contribution in [0.4, 0.5) is 0 Å². The number of fused-ring (bicyclic) bond motifs is 1. The van der Waals surface area contributed by atoms with E-state index in [-0.39, 0.29) is 18.1 Å². The van der Waals surface area contributed by atoms with Gasteiger partial charge in [-0.3, -0.25) is 4.99 Å². The first kappa shape index (κ1) is 23.6. The maximum atomic E-state index is 9.96. The van der Waals surface area contributed by atoms with Crippen molar-refractivity contribution in [2.45, 2.75) is 53.7 Å². The Kier molecular flexibility index (Phi) is 8.03. The molecule has 5 heteroatoms. The Morgan fingerprint density at radius 2 is 2.10 bits per heavy atom. The SMILES string of the molecule is C=C/C(=C(\N=C/C)[C@H](C)OC)c1c(CC(C)(C)CO)c2cc(Br)ccc2n1CC. The van der Waals surface area contributed by atoms with Gasteiger partial charge in [-0.15, -0.1) is 0 Å². The van der Waals surface area contributed by atoms with Crippen LogP contribution in [0, 0.1) is 5.41 Å². The molecule has 2 rings (SSSR count). The van der Waals surface area contributed by atoms with Gasteiger partial charge >= 0.3 is 0 Å². The molecule has 0 radical (unpaired) electrons. The number of aromatic nitrogens is 1. The van der Waals surface area contributed by atoms with Gasteiger partial charge in [0.05, 0.1) is 17.5 Å². The van der Waals surface area contributed by atoms with Gasteiger partial charge in [0, 0.05) is 47.4 Å². The van der Waals surface area contributed by atoms with E-state index in [4.69, 9.17) is 4.74 Å². The molecule has 29 heavy (non-hydrogen) atoms. The summed E-state index contributed by atoms with van der Waals surface area (Å²) in [7, 11) is 1.69. The minimum Gasteiger partial charge on any atom is -0.396 e. The number of benzene rings is 1. The molecule has 0 saturated heterocycles. The molecule has 0 spiro atoms. The van der Waals surface area contributed by atoms with Gasteiger partial charge < -0.3 is 14.4 Å². The second kappa shape index (κ2) is 9.88. The van der Waals surface area contributed by atoms with E-state index in [0.717, 1.165) is 34.4 Å². The molecule has 0 bridgehead atoms. The fraction of sp³-hybridized carbons (Fsp3) is 0.458. The molecule has 0 fully saturated rings. The summed E-state index contributed by atoms with van der Waals surface area (Å²) >= 11 is 3.63.